The normalized spacial score (nSPS) is 16.0. The number of thiocarbonyl (C=S) groups is 1. The lowest BCUT2D eigenvalue weighted by Gasteiger charge is -2.14. The number of benzene rings is 2. The fourth-order valence-electron chi connectivity index (χ4n) is 2.32. The average molecular weight is 614 g/mol. The number of thioether (sulfide) groups is 1. The summed E-state index contributed by atoms with van der Waals surface area (Å²) < 4.78 is 8.05. The van der Waals surface area contributed by atoms with Crippen LogP contribution in [0.25, 0.3) is 6.08 Å². The topological polar surface area (TPSA) is 29.5 Å². The van der Waals surface area contributed by atoms with Crippen LogP contribution in [0.15, 0.2) is 41.3 Å². The molecule has 0 aliphatic carbocycles. The molecule has 1 fully saturated rings. The van der Waals surface area contributed by atoms with E-state index in [4.69, 9.17) is 28.6 Å². The van der Waals surface area contributed by atoms with Gasteiger partial charge in [0, 0.05) is 14.2 Å². The Hall–Kier alpha value is -0.360. The number of carbonyl (C=O) groups excluding carboxylic acids is 1. The van der Waals surface area contributed by atoms with E-state index in [9.17, 15) is 4.79 Å². The number of nitrogens with zero attached hydrogens (tertiary/aromatic N) is 1. The minimum Gasteiger partial charge on any atom is -0.495 e. The summed E-state index contributed by atoms with van der Waals surface area (Å²) in [5.74, 6) is 0.603. The zero-order valence-electron chi connectivity index (χ0n) is 12.8. The highest BCUT2D eigenvalue weighted by Gasteiger charge is 2.33. The van der Waals surface area contributed by atoms with Gasteiger partial charge in [-0.05, 0) is 87.7 Å². The number of anilines is 1. The molecule has 1 aliphatic heterocycles. The van der Waals surface area contributed by atoms with Crippen molar-refractivity contribution in [2.24, 2.45) is 0 Å². The molecule has 1 aliphatic rings. The van der Waals surface area contributed by atoms with E-state index in [2.05, 4.69) is 45.2 Å². The lowest BCUT2D eigenvalue weighted by Crippen LogP contribution is -2.27. The molecular formula is C17H10ClI2NO2S2. The number of hydrogen-bond acceptors (Lipinski definition) is 4. The van der Waals surface area contributed by atoms with Crippen LogP contribution in [0.3, 0.4) is 0 Å². The summed E-state index contributed by atoms with van der Waals surface area (Å²) in [7, 11) is 1.63. The van der Waals surface area contributed by atoms with E-state index in [-0.39, 0.29) is 5.91 Å². The van der Waals surface area contributed by atoms with Crippen molar-refractivity contribution in [3.05, 3.63) is 59.0 Å². The lowest BCUT2D eigenvalue weighted by atomic mass is 10.2. The van der Waals surface area contributed by atoms with Crippen LogP contribution in [-0.4, -0.2) is 17.3 Å². The third-order valence-electron chi connectivity index (χ3n) is 3.41. The predicted octanol–water partition coefficient (Wildman–Crippen LogP) is 5.96. The molecule has 0 bridgehead atoms. The first-order valence-electron chi connectivity index (χ1n) is 6.97. The molecule has 2 aromatic carbocycles. The first-order valence-corrected chi connectivity index (χ1v) is 10.7. The summed E-state index contributed by atoms with van der Waals surface area (Å²) >= 11 is 17.1. The van der Waals surface area contributed by atoms with Gasteiger partial charge in [-0.1, -0.05) is 35.6 Å². The quantitative estimate of drug-likeness (QED) is 0.243. The molecule has 8 heteroatoms. The molecule has 0 N–H and O–H groups in total. The highest BCUT2D eigenvalue weighted by molar-refractivity contribution is 14.1. The van der Waals surface area contributed by atoms with Gasteiger partial charge < -0.3 is 4.74 Å². The first kappa shape index (κ1) is 19.4. The Balaban J connectivity index is 2.00. The second-order valence-corrected chi connectivity index (χ2v) is 9.52. The Kier molecular flexibility index (Phi) is 6.30. The van der Waals surface area contributed by atoms with E-state index in [0.29, 0.717) is 19.9 Å². The fourth-order valence-corrected chi connectivity index (χ4v) is 5.85. The molecule has 3 nitrogen and oxygen atoms in total. The molecular weight excluding hydrogens is 604 g/mol. The van der Waals surface area contributed by atoms with Gasteiger partial charge in [-0.2, -0.15) is 0 Å². The number of carbonyl (C=O) groups is 1. The van der Waals surface area contributed by atoms with E-state index >= 15 is 0 Å². The monoisotopic (exact) mass is 613 g/mol. The van der Waals surface area contributed by atoms with Crippen molar-refractivity contribution < 1.29 is 9.53 Å². The molecule has 1 amide bonds. The average Bonchev–Trinajstić information content (AvgIpc) is 2.82. The van der Waals surface area contributed by atoms with Crippen LogP contribution in [0.1, 0.15) is 5.56 Å². The van der Waals surface area contributed by atoms with Gasteiger partial charge in [0.2, 0.25) is 0 Å². The third kappa shape index (κ3) is 4.15. The van der Waals surface area contributed by atoms with Crippen LogP contribution in [0.2, 0.25) is 5.02 Å². The van der Waals surface area contributed by atoms with Crippen LogP contribution in [-0.2, 0) is 4.79 Å². The molecule has 0 spiro atoms. The highest BCUT2D eigenvalue weighted by Crippen LogP contribution is 2.38. The van der Waals surface area contributed by atoms with E-state index in [1.807, 2.05) is 18.2 Å². The maximum absolute atomic E-state index is 12.8. The standard InChI is InChI=1S/C17H10ClI2NO2S2/c1-23-15-9(6-11(19)8-13(15)20)7-14-16(22)21(17(24)25-14)12-4-2-10(18)3-5-12/h2-8H,1H3/b14-7-. The van der Waals surface area contributed by atoms with E-state index < -0.39 is 0 Å². The number of hydrogen-bond donors (Lipinski definition) is 0. The summed E-state index contributed by atoms with van der Waals surface area (Å²) in [4.78, 5) is 14.9. The molecule has 1 saturated heterocycles. The Morgan fingerprint density at radius 3 is 2.56 bits per heavy atom. The van der Waals surface area contributed by atoms with E-state index in [0.717, 1.165) is 18.5 Å². The SMILES string of the molecule is COc1c(I)cc(I)cc1/C=C1\SC(=S)N(c2ccc(Cl)cc2)C1=O. The van der Waals surface area contributed by atoms with Gasteiger partial charge in [0.15, 0.2) is 4.32 Å². The van der Waals surface area contributed by atoms with E-state index in [1.165, 1.54) is 16.7 Å². The minimum absolute atomic E-state index is 0.145. The number of amides is 1. The second-order valence-electron chi connectivity index (χ2n) is 5.00. The maximum atomic E-state index is 12.8. The lowest BCUT2D eigenvalue weighted by molar-refractivity contribution is -0.113. The molecule has 1 heterocycles. The van der Waals surface area contributed by atoms with Crippen molar-refractivity contribution in [3.63, 3.8) is 0 Å². The summed E-state index contributed by atoms with van der Waals surface area (Å²) in [5.41, 5.74) is 1.56. The van der Waals surface area contributed by atoms with Gasteiger partial charge in [0.1, 0.15) is 5.75 Å². The summed E-state index contributed by atoms with van der Waals surface area (Å²) in [6.45, 7) is 0. The third-order valence-corrected chi connectivity index (χ3v) is 6.38. The van der Waals surface area contributed by atoms with Crippen molar-refractivity contribution >= 4 is 103 Å². The van der Waals surface area contributed by atoms with Gasteiger partial charge in [-0.15, -0.1) is 0 Å². The van der Waals surface area contributed by atoms with Crippen LogP contribution in [0.4, 0.5) is 5.69 Å². The summed E-state index contributed by atoms with van der Waals surface area (Å²) in [6, 6.07) is 11.1. The molecule has 128 valence electrons. The first-order chi connectivity index (χ1) is 11.9. The number of ether oxygens (including phenoxy) is 1. The van der Waals surface area contributed by atoms with Gasteiger partial charge in [0.25, 0.3) is 5.91 Å². The highest BCUT2D eigenvalue weighted by atomic mass is 127. The molecule has 3 rings (SSSR count). The Labute approximate surface area is 187 Å². The molecule has 0 radical (unpaired) electrons. The van der Waals surface area contributed by atoms with Gasteiger partial charge in [0.05, 0.1) is 21.3 Å². The maximum Gasteiger partial charge on any atom is 0.270 e. The Morgan fingerprint density at radius 1 is 1.24 bits per heavy atom. The molecule has 0 aromatic heterocycles. The van der Waals surface area contributed by atoms with Crippen LogP contribution < -0.4 is 9.64 Å². The van der Waals surface area contributed by atoms with Gasteiger partial charge >= 0.3 is 0 Å². The van der Waals surface area contributed by atoms with Crippen molar-refractivity contribution in [2.75, 3.05) is 12.0 Å². The number of rotatable bonds is 3. The van der Waals surface area contributed by atoms with Crippen molar-refractivity contribution in [3.8, 4) is 5.75 Å². The van der Waals surface area contributed by atoms with E-state index in [1.54, 1.807) is 31.4 Å². The second kappa shape index (κ2) is 8.12. The Bertz CT molecular complexity index is 900. The zero-order valence-corrected chi connectivity index (χ0v) is 19.5. The zero-order chi connectivity index (χ0) is 18.1. The van der Waals surface area contributed by atoms with Crippen molar-refractivity contribution in [2.45, 2.75) is 0 Å². The summed E-state index contributed by atoms with van der Waals surface area (Å²) in [5, 5.41) is 0.614. The number of methoxy groups -OCH3 is 1. The van der Waals surface area contributed by atoms with Crippen LogP contribution >= 0.6 is 80.8 Å². The Morgan fingerprint density at radius 2 is 1.92 bits per heavy atom. The molecule has 2 aromatic rings. The number of halogens is 3. The molecule has 0 unspecified atom stereocenters. The molecule has 25 heavy (non-hydrogen) atoms. The predicted molar refractivity (Wildman–Crippen MR) is 126 cm³/mol. The molecule has 0 atom stereocenters. The molecule has 0 saturated carbocycles. The van der Waals surface area contributed by atoms with Crippen LogP contribution in [0, 0.1) is 7.14 Å². The van der Waals surface area contributed by atoms with Crippen molar-refractivity contribution in [1.29, 1.82) is 0 Å². The minimum atomic E-state index is -0.145. The fraction of sp³-hybridized carbons (Fsp3) is 0.0588. The summed E-state index contributed by atoms with van der Waals surface area (Å²) in [6.07, 6.45) is 1.83. The van der Waals surface area contributed by atoms with Gasteiger partial charge in [-0.3, -0.25) is 9.69 Å². The van der Waals surface area contributed by atoms with Gasteiger partial charge in [-0.25, -0.2) is 0 Å². The largest absolute Gasteiger partial charge is 0.495 e. The van der Waals surface area contributed by atoms with Crippen molar-refractivity contribution in [1.82, 2.24) is 0 Å². The van der Waals surface area contributed by atoms with Crippen LogP contribution in [0.5, 0.6) is 5.75 Å². The smallest absolute Gasteiger partial charge is 0.270 e.